The summed E-state index contributed by atoms with van der Waals surface area (Å²) in [6, 6.07) is 2.92. The first-order valence-corrected chi connectivity index (χ1v) is 3.75. The third-order valence-electron chi connectivity index (χ3n) is 1.57. The number of ether oxygens (including phenoxy) is 1. The first-order valence-electron chi connectivity index (χ1n) is 3.75. The van der Waals surface area contributed by atoms with Crippen molar-refractivity contribution >= 4 is 5.97 Å². The molecule has 0 amide bonds. The molecule has 1 unspecified atom stereocenters. The molecule has 0 aliphatic heterocycles. The predicted molar refractivity (Wildman–Crippen MR) is 44.1 cm³/mol. The average molecular weight is 185 g/mol. The molecule has 0 radical (unpaired) electrons. The summed E-state index contributed by atoms with van der Waals surface area (Å²) in [5.74, 6) is -0.247. The first kappa shape index (κ1) is 9.76. The standard InChI is InChI=1S/C8H11NO4/c1-12-8(11)7-3-2-6(13-7)5(10)4-9/h2-3,5,10H,4,9H2,1H3. The Morgan fingerprint density at radius 2 is 2.46 bits per heavy atom. The van der Waals surface area contributed by atoms with E-state index in [4.69, 9.17) is 10.2 Å². The summed E-state index contributed by atoms with van der Waals surface area (Å²) in [7, 11) is 1.25. The van der Waals surface area contributed by atoms with Crippen molar-refractivity contribution in [3.63, 3.8) is 0 Å². The molecule has 0 fully saturated rings. The van der Waals surface area contributed by atoms with E-state index in [9.17, 15) is 9.90 Å². The predicted octanol–water partition coefficient (Wildman–Crippen LogP) is 0.0583. The van der Waals surface area contributed by atoms with Crippen molar-refractivity contribution in [2.24, 2.45) is 5.73 Å². The number of rotatable bonds is 3. The van der Waals surface area contributed by atoms with Crippen LogP contribution in [0, 0.1) is 0 Å². The van der Waals surface area contributed by atoms with Crippen LogP contribution < -0.4 is 5.73 Å². The number of nitrogens with two attached hydrogens (primary N) is 1. The molecule has 72 valence electrons. The molecule has 0 saturated heterocycles. The number of methoxy groups -OCH3 is 1. The van der Waals surface area contributed by atoms with Gasteiger partial charge in [0.15, 0.2) is 0 Å². The lowest BCUT2D eigenvalue weighted by Gasteiger charge is -2.01. The fraction of sp³-hybridized carbons (Fsp3) is 0.375. The van der Waals surface area contributed by atoms with Crippen LogP contribution in [-0.4, -0.2) is 24.7 Å². The van der Waals surface area contributed by atoms with Gasteiger partial charge < -0.3 is 20.0 Å². The van der Waals surface area contributed by atoms with Crippen LogP contribution in [0.4, 0.5) is 0 Å². The molecule has 0 aromatic carbocycles. The van der Waals surface area contributed by atoms with Crippen LogP contribution in [0.25, 0.3) is 0 Å². The van der Waals surface area contributed by atoms with Gasteiger partial charge in [-0.25, -0.2) is 4.79 Å². The second-order valence-electron chi connectivity index (χ2n) is 2.45. The number of aliphatic hydroxyl groups is 1. The van der Waals surface area contributed by atoms with Gasteiger partial charge in [0.1, 0.15) is 11.9 Å². The molecule has 13 heavy (non-hydrogen) atoms. The summed E-state index contributed by atoms with van der Waals surface area (Å²) in [5, 5.41) is 9.23. The summed E-state index contributed by atoms with van der Waals surface area (Å²) in [6.07, 6.45) is -0.876. The van der Waals surface area contributed by atoms with Crippen LogP contribution in [0.3, 0.4) is 0 Å². The molecular formula is C8H11NO4. The zero-order chi connectivity index (χ0) is 9.84. The van der Waals surface area contributed by atoms with Gasteiger partial charge in [-0.05, 0) is 12.1 Å². The number of hydrogen-bond acceptors (Lipinski definition) is 5. The number of aliphatic hydroxyl groups excluding tert-OH is 1. The first-order chi connectivity index (χ1) is 6.19. The third-order valence-corrected chi connectivity index (χ3v) is 1.57. The summed E-state index contributed by atoms with van der Waals surface area (Å²) >= 11 is 0. The SMILES string of the molecule is COC(=O)c1ccc(C(O)CN)o1. The van der Waals surface area contributed by atoms with Crippen LogP contribution in [0.2, 0.25) is 0 Å². The van der Waals surface area contributed by atoms with E-state index in [0.29, 0.717) is 0 Å². The lowest BCUT2D eigenvalue weighted by molar-refractivity contribution is 0.0555. The highest BCUT2D eigenvalue weighted by atomic mass is 16.5. The Hall–Kier alpha value is -1.33. The Morgan fingerprint density at radius 3 is 3.00 bits per heavy atom. The van der Waals surface area contributed by atoms with E-state index in [0.717, 1.165) is 0 Å². The van der Waals surface area contributed by atoms with Crippen molar-refractivity contribution in [3.05, 3.63) is 23.7 Å². The number of furan rings is 1. The van der Waals surface area contributed by atoms with Crippen LogP contribution in [0.1, 0.15) is 22.4 Å². The van der Waals surface area contributed by atoms with Gasteiger partial charge in [0.2, 0.25) is 5.76 Å². The van der Waals surface area contributed by atoms with E-state index in [1.807, 2.05) is 0 Å². The molecule has 0 aliphatic carbocycles. The summed E-state index contributed by atoms with van der Waals surface area (Å²) in [5.41, 5.74) is 5.20. The monoisotopic (exact) mass is 185 g/mol. The topological polar surface area (TPSA) is 85.7 Å². The van der Waals surface area contributed by atoms with Gasteiger partial charge in [-0.2, -0.15) is 0 Å². The zero-order valence-corrected chi connectivity index (χ0v) is 7.19. The number of hydrogen-bond donors (Lipinski definition) is 2. The van der Waals surface area contributed by atoms with Gasteiger partial charge in [0, 0.05) is 6.54 Å². The molecule has 0 spiro atoms. The normalized spacial score (nSPS) is 12.5. The van der Waals surface area contributed by atoms with E-state index in [2.05, 4.69) is 4.74 Å². The van der Waals surface area contributed by atoms with Crippen molar-refractivity contribution in [2.45, 2.75) is 6.10 Å². The molecule has 3 N–H and O–H groups in total. The highest BCUT2D eigenvalue weighted by Gasteiger charge is 2.14. The zero-order valence-electron chi connectivity index (χ0n) is 7.19. The van der Waals surface area contributed by atoms with Gasteiger partial charge in [0.25, 0.3) is 0 Å². The lowest BCUT2D eigenvalue weighted by atomic mass is 10.3. The van der Waals surface area contributed by atoms with Gasteiger partial charge >= 0.3 is 5.97 Å². The maximum atomic E-state index is 10.9. The molecule has 1 rings (SSSR count). The Labute approximate surface area is 75.1 Å². The Morgan fingerprint density at radius 1 is 1.77 bits per heavy atom. The summed E-state index contributed by atoms with van der Waals surface area (Å²) < 4.78 is 9.40. The number of carbonyl (C=O) groups excluding carboxylic acids is 1. The van der Waals surface area contributed by atoms with Crippen LogP contribution in [0.5, 0.6) is 0 Å². The minimum atomic E-state index is -0.876. The highest BCUT2D eigenvalue weighted by Crippen LogP contribution is 2.15. The maximum absolute atomic E-state index is 10.9. The average Bonchev–Trinajstić information content (AvgIpc) is 2.64. The summed E-state index contributed by atoms with van der Waals surface area (Å²) in [6.45, 7) is 0.0497. The molecule has 0 bridgehead atoms. The highest BCUT2D eigenvalue weighted by molar-refractivity contribution is 5.86. The Balaban J connectivity index is 2.80. The van der Waals surface area contributed by atoms with E-state index in [1.165, 1.54) is 19.2 Å². The van der Waals surface area contributed by atoms with Crippen molar-refractivity contribution in [1.29, 1.82) is 0 Å². The molecule has 1 aromatic rings. The molecule has 1 aromatic heterocycles. The number of esters is 1. The molecular weight excluding hydrogens is 174 g/mol. The smallest absolute Gasteiger partial charge is 0.373 e. The van der Waals surface area contributed by atoms with E-state index >= 15 is 0 Å². The maximum Gasteiger partial charge on any atom is 0.373 e. The van der Waals surface area contributed by atoms with E-state index in [1.54, 1.807) is 0 Å². The lowest BCUT2D eigenvalue weighted by Crippen LogP contribution is -2.10. The Kier molecular flexibility index (Phi) is 3.05. The number of carbonyl (C=O) groups is 1. The minimum Gasteiger partial charge on any atom is -0.463 e. The van der Waals surface area contributed by atoms with Gasteiger partial charge in [-0.15, -0.1) is 0 Å². The van der Waals surface area contributed by atoms with Crippen molar-refractivity contribution in [1.82, 2.24) is 0 Å². The van der Waals surface area contributed by atoms with Crippen LogP contribution in [-0.2, 0) is 4.74 Å². The molecule has 5 heteroatoms. The van der Waals surface area contributed by atoms with Crippen LogP contribution in [0.15, 0.2) is 16.5 Å². The minimum absolute atomic E-state index is 0.0497. The largest absolute Gasteiger partial charge is 0.463 e. The molecule has 0 aliphatic rings. The van der Waals surface area contributed by atoms with E-state index in [-0.39, 0.29) is 18.1 Å². The molecule has 0 saturated carbocycles. The fourth-order valence-electron chi connectivity index (χ4n) is 0.858. The van der Waals surface area contributed by atoms with Gasteiger partial charge in [-0.3, -0.25) is 0 Å². The van der Waals surface area contributed by atoms with E-state index < -0.39 is 12.1 Å². The van der Waals surface area contributed by atoms with Crippen molar-refractivity contribution in [3.8, 4) is 0 Å². The molecule has 5 nitrogen and oxygen atoms in total. The second-order valence-corrected chi connectivity index (χ2v) is 2.45. The van der Waals surface area contributed by atoms with Crippen LogP contribution >= 0.6 is 0 Å². The van der Waals surface area contributed by atoms with Gasteiger partial charge in [-0.1, -0.05) is 0 Å². The Bertz CT molecular complexity index is 294. The third kappa shape index (κ3) is 2.07. The van der Waals surface area contributed by atoms with Gasteiger partial charge in [0.05, 0.1) is 7.11 Å². The van der Waals surface area contributed by atoms with Crippen molar-refractivity contribution < 1.29 is 19.1 Å². The molecule has 1 atom stereocenters. The second kappa shape index (κ2) is 4.06. The summed E-state index contributed by atoms with van der Waals surface area (Å²) in [4.78, 5) is 10.9. The quantitative estimate of drug-likeness (QED) is 0.650. The van der Waals surface area contributed by atoms with Crippen molar-refractivity contribution in [2.75, 3.05) is 13.7 Å². The fourth-order valence-corrected chi connectivity index (χ4v) is 0.858. The molecule has 1 heterocycles.